The van der Waals surface area contributed by atoms with Crippen LogP contribution in [-0.2, 0) is 34.4 Å². The molecule has 0 aromatic carbocycles. The maximum absolute atomic E-state index is 13.7. The average Bonchev–Trinajstić information content (AvgIpc) is 3.22. The molecule has 4 atom stereocenters. The van der Waals surface area contributed by atoms with Crippen LogP contribution in [0.15, 0.2) is 26.9 Å². The van der Waals surface area contributed by atoms with E-state index < -0.39 is 62.0 Å². The summed E-state index contributed by atoms with van der Waals surface area (Å²) in [4.78, 5) is 26.6. The second kappa shape index (κ2) is 11.1. The van der Waals surface area contributed by atoms with Crippen LogP contribution in [0.25, 0.3) is 0 Å². The summed E-state index contributed by atoms with van der Waals surface area (Å²) in [6.45, 7) is 22.3. The molecule has 0 saturated carbocycles. The van der Waals surface area contributed by atoms with Gasteiger partial charge in [0.15, 0.2) is 28.5 Å². The van der Waals surface area contributed by atoms with E-state index >= 15 is 0 Å². The number of ether oxygens (including phenoxy) is 1. The largest absolute Gasteiger partial charge is 0.414 e. The third-order valence-electron chi connectivity index (χ3n) is 9.02. The van der Waals surface area contributed by atoms with Crippen LogP contribution in [0, 0.1) is 6.92 Å². The Kier molecular flexibility index (Phi) is 9.34. The molecule has 1 unspecified atom stereocenters. The number of aromatic nitrogens is 2. The zero-order chi connectivity index (χ0) is 31.6. The predicted molar refractivity (Wildman–Crippen MR) is 168 cm³/mol. The summed E-state index contributed by atoms with van der Waals surface area (Å²) < 4.78 is 54.1. The highest BCUT2D eigenvalue weighted by atomic mass is 79.9. The van der Waals surface area contributed by atoms with Crippen molar-refractivity contribution in [1.29, 1.82) is 0 Å². The molecule has 3 heterocycles. The van der Waals surface area contributed by atoms with Crippen LogP contribution in [0.5, 0.6) is 0 Å². The van der Waals surface area contributed by atoms with E-state index in [4.69, 9.17) is 23.5 Å². The third-order valence-corrected chi connectivity index (χ3v) is 19.4. The number of rotatable bonds is 8. The Morgan fingerprint density at radius 3 is 2.10 bits per heavy atom. The number of nitrogens with zero attached hydrogens (tertiary/aromatic N) is 2. The maximum Gasteiger partial charge on any atom is 0.333 e. The lowest BCUT2D eigenvalue weighted by atomic mass is 9.89. The Bertz CT molecular complexity index is 1430. The lowest BCUT2D eigenvalue weighted by Gasteiger charge is -2.43. The Labute approximate surface area is 253 Å². The molecule has 3 rings (SSSR count). The Balaban J connectivity index is 2.30. The van der Waals surface area contributed by atoms with Crippen molar-refractivity contribution < 1.29 is 26.2 Å². The monoisotopic (exact) mass is 695 g/mol. The summed E-state index contributed by atoms with van der Waals surface area (Å²) in [5, 5.41) is 0.837. The maximum atomic E-state index is 13.7. The van der Waals surface area contributed by atoms with E-state index in [-0.39, 0.29) is 28.9 Å². The first-order chi connectivity index (χ1) is 18.4. The lowest BCUT2D eigenvalue weighted by molar-refractivity contribution is -0.0567. The minimum Gasteiger partial charge on any atom is -0.414 e. The van der Waals surface area contributed by atoms with Crippen molar-refractivity contribution in [1.82, 2.24) is 9.13 Å². The number of hydrogen-bond acceptors (Lipinski definition) is 9. The summed E-state index contributed by atoms with van der Waals surface area (Å²) in [6.07, 6.45) is -1.91. The van der Waals surface area contributed by atoms with Crippen molar-refractivity contribution in [3.8, 4) is 0 Å². The molecule has 15 heteroatoms. The lowest BCUT2D eigenvalue weighted by Crippen LogP contribution is -2.59. The summed E-state index contributed by atoms with van der Waals surface area (Å²) >= 11 is 3.31. The van der Waals surface area contributed by atoms with Gasteiger partial charge in [-0.15, -0.1) is 0 Å². The van der Waals surface area contributed by atoms with Crippen LogP contribution in [0.4, 0.5) is 0 Å². The molecular formula is C26H46BrN3O8SSi2. The molecule has 11 nitrogen and oxygen atoms in total. The van der Waals surface area contributed by atoms with Gasteiger partial charge in [-0.3, -0.25) is 13.9 Å². The van der Waals surface area contributed by atoms with Gasteiger partial charge >= 0.3 is 5.69 Å². The van der Waals surface area contributed by atoms with E-state index in [9.17, 15) is 18.0 Å². The highest BCUT2D eigenvalue weighted by molar-refractivity contribution is 9.09. The van der Waals surface area contributed by atoms with Gasteiger partial charge in [-0.25, -0.2) is 8.98 Å². The molecule has 1 fully saturated rings. The zero-order valence-corrected chi connectivity index (χ0v) is 30.4. The molecule has 1 spiro atoms. The van der Waals surface area contributed by atoms with Gasteiger partial charge in [0.25, 0.3) is 15.7 Å². The predicted octanol–water partition coefficient (Wildman–Crippen LogP) is 3.92. The van der Waals surface area contributed by atoms with E-state index in [0.717, 1.165) is 9.98 Å². The number of halogens is 1. The van der Waals surface area contributed by atoms with Crippen molar-refractivity contribution in [2.75, 3.05) is 11.9 Å². The minimum absolute atomic E-state index is 0.0385. The fraction of sp³-hybridized carbons (Fsp3) is 0.769. The molecule has 2 aliphatic heterocycles. The third kappa shape index (κ3) is 6.28. The Hall–Kier alpha value is -1.08. The molecule has 1 aromatic rings. The standard InChI is InChI=1S/C26H46BrN3O8SSi2/c1-17-14-30(23(32)29(13-12-27)21(17)31)22-20(37-41(10,11)25(5,6)7)26(18(28)16-39(33,34)38-26)19(36-22)15-35-40(8,9)24(2,3)4/h14,16,19-20,22H,12-13,15,28H2,1-11H3/t19-,20+,22-,26?/m1/s1. The van der Waals surface area contributed by atoms with Gasteiger partial charge in [0, 0.05) is 23.6 Å². The molecule has 2 aliphatic rings. The summed E-state index contributed by atoms with van der Waals surface area (Å²) in [7, 11) is -9.20. The second-order valence-electron chi connectivity index (χ2n) is 14.0. The van der Waals surface area contributed by atoms with Crippen LogP contribution >= 0.6 is 15.9 Å². The minimum atomic E-state index is -4.20. The molecule has 2 N–H and O–H groups in total. The SMILES string of the molecule is Cc1cn([C@@H]2O[C@H](CO[Si](C)(C)C(C)(C)C)C3(OS(=O)(=O)C=C3N)[C@H]2O[Si](C)(C)C(C)(C)C)c(=O)n(CCBr)c1=O. The van der Waals surface area contributed by atoms with Crippen molar-refractivity contribution >= 4 is 42.7 Å². The average molecular weight is 697 g/mol. The first-order valence-electron chi connectivity index (χ1n) is 13.7. The molecule has 1 aromatic heterocycles. The van der Waals surface area contributed by atoms with E-state index in [1.807, 2.05) is 33.9 Å². The van der Waals surface area contributed by atoms with E-state index in [2.05, 4.69) is 49.8 Å². The quantitative estimate of drug-likeness (QED) is 0.243. The molecule has 0 bridgehead atoms. The molecule has 0 amide bonds. The fourth-order valence-electron chi connectivity index (χ4n) is 4.44. The van der Waals surface area contributed by atoms with Crippen molar-refractivity contribution in [3.63, 3.8) is 0 Å². The van der Waals surface area contributed by atoms with Gasteiger partial charge in [0.1, 0.15) is 12.2 Å². The van der Waals surface area contributed by atoms with Gasteiger partial charge in [-0.2, -0.15) is 8.42 Å². The van der Waals surface area contributed by atoms with Crippen LogP contribution in [-0.4, -0.2) is 63.9 Å². The number of nitrogens with two attached hydrogens (primary N) is 1. The topological polar surface area (TPSA) is 141 Å². The molecule has 0 aliphatic carbocycles. The first kappa shape index (κ1) is 34.4. The number of aryl methyl sites for hydroxylation is 1. The highest BCUT2D eigenvalue weighted by Crippen LogP contribution is 2.52. The van der Waals surface area contributed by atoms with Gasteiger partial charge in [-0.05, 0) is 43.2 Å². The normalized spacial score (nSPS) is 27.0. The van der Waals surface area contributed by atoms with Crippen LogP contribution in [0.1, 0.15) is 53.3 Å². The van der Waals surface area contributed by atoms with Gasteiger partial charge in [0.05, 0.1) is 17.7 Å². The summed E-state index contributed by atoms with van der Waals surface area (Å²) in [6, 6.07) is 0. The Morgan fingerprint density at radius 1 is 1.07 bits per heavy atom. The van der Waals surface area contributed by atoms with E-state index in [1.165, 1.54) is 10.8 Å². The molecular weight excluding hydrogens is 650 g/mol. The smallest absolute Gasteiger partial charge is 0.333 e. The van der Waals surface area contributed by atoms with Crippen LogP contribution in [0.2, 0.25) is 36.3 Å². The van der Waals surface area contributed by atoms with Crippen molar-refractivity contribution in [3.05, 3.63) is 43.7 Å². The molecule has 234 valence electrons. The van der Waals surface area contributed by atoms with Crippen molar-refractivity contribution in [2.24, 2.45) is 5.73 Å². The van der Waals surface area contributed by atoms with Crippen LogP contribution < -0.4 is 17.0 Å². The fourth-order valence-corrected chi connectivity index (χ4v) is 8.30. The van der Waals surface area contributed by atoms with E-state index in [0.29, 0.717) is 10.9 Å². The molecule has 0 radical (unpaired) electrons. The second-order valence-corrected chi connectivity index (χ2v) is 25.7. The van der Waals surface area contributed by atoms with Gasteiger partial charge in [0.2, 0.25) is 0 Å². The van der Waals surface area contributed by atoms with Crippen molar-refractivity contribution in [2.45, 2.75) is 115 Å². The number of hydrogen-bond donors (Lipinski definition) is 1. The van der Waals surface area contributed by atoms with Gasteiger partial charge in [-0.1, -0.05) is 57.5 Å². The highest BCUT2D eigenvalue weighted by Gasteiger charge is 2.67. The molecule has 1 saturated heterocycles. The summed E-state index contributed by atoms with van der Waals surface area (Å²) in [5.74, 6) is 0. The van der Waals surface area contributed by atoms with Crippen LogP contribution in [0.3, 0.4) is 0 Å². The molecule has 41 heavy (non-hydrogen) atoms. The number of alkyl halides is 1. The Morgan fingerprint density at radius 2 is 1.63 bits per heavy atom. The van der Waals surface area contributed by atoms with E-state index in [1.54, 1.807) is 6.92 Å². The summed E-state index contributed by atoms with van der Waals surface area (Å²) in [5.41, 5.74) is 3.94. The van der Waals surface area contributed by atoms with Gasteiger partial charge < -0.3 is 19.3 Å². The first-order valence-corrected chi connectivity index (χ1v) is 22.1. The zero-order valence-electron chi connectivity index (χ0n) is 26.0.